The van der Waals surface area contributed by atoms with Crippen LogP contribution in [0.4, 0.5) is 0 Å². The van der Waals surface area contributed by atoms with Crippen LogP contribution in [0.2, 0.25) is 0 Å². The number of H-pyrrole nitrogens is 1. The van der Waals surface area contributed by atoms with E-state index in [1.165, 1.54) is 4.57 Å². The maximum atomic E-state index is 11.7. The number of nitrogens with one attached hydrogen (secondary N) is 1. The minimum Gasteiger partial charge on any atom is -0.496 e. The number of aromatic nitrogens is 3. The van der Waals surface area contributed by atoms with E-state index in [0.717, 1.165) is 23.1 Å². The number of benzene rings is 1. The van der Waals surface area contributed by atoms with Gasteiger partial charge in [0.25, 0.3) is 0 Å². The normalized spacial score (nSPS) is 10.5. The summed E-state index contributed by atoms with van der Waals surface area (Å²) in [5.74, 6) is -0.334. The molecule has 21 heavy (non-hydrogen) atoms. The van der Waals surface area contributed by atoms with Crippen LogP contribution in [0.3, 0.4) is 0 Å². The van der Waals surface area contributed by atoms with E-state index in [-0.39, 0.29) is 11.4 Å². The number of aryl methyl sites for hydroxylation is 1. The molecule has 0 fully saturated rings. The molecule has 0 unspecified atom stereocenters. The van der Waals surface area contributed by atoms with Gasteiger partial charge in [-0.3, -0.25) is 9.36 Å². The fourth-order valence-corrected chi connectivity index (χ4v) is 2.57. The van der Waals surface area contributed by atoms with Gasteiger partial charge in [-0.15, -0.1) is 5.10 Å². The van der Waals surface area contributed by atoms with Gasteiger partial charge in [0, 0.05) is 6.54 Å². The van der Waals surface area contributed by atoms with E-state index in [1.54, 1.807) is 7.11 Å². The number of nitrogens with zero attached hydrogens (tertiary/aromatic N) is 2. The molecule has 1 heterocycles. The van der Waals surface area contributed by atoms with Crippen molar-refractivity contribution in [3.05, 3.63) is 40.3 Å². The van der Waals surface area contributed by atoms with Gasteiger partial charge >= 0.3 is 11.7 Å². The monoisotopic (exact) mass is 309 g/mol. The first-order valence-corrected chi connectivity index (χ1v) is 7.22. The van der Waals surface area contributed by atoms with Gasteiger partial charge in [-0.05, 0) is 18.1 Å². The maximum absolute atomic E-state index is 11.7. The molecule has 7 nitrogen and oxygen atoms in total. The molecule has 0 atom stereocenters. The van der Waals surface area contributed by atoms with Crippen LogP contribution in [-0.4, -0.2) is 38.7 Å². The van der Waals surface area contributed by atoms with E-state index in [0.29, 0.717) is 18.1 Å². The van der Waals surface area contributed by atoms with Crippen molar-refractivity contribution in [3.63, 3.8) is 0 Å². The molecule has 2 aromatic rings. The number of hydrogen-bond acceptors (Lipinski definition) is 5. The summed E-state index contributed by atoms with van der Waals surface area (Å²) in [4.78, 5) is 22.3. The first-order valence-electron chi connectivity index (χ1n) is 6.23. The number of carbonyl (C=O) groups is 1. The molecule has 1 aromatic carbocycles. The number of rotatable bonds is 7. The number of hydrogen-bond donors (Lipinski definition) is 2. The highest BCUT2D eigenvalue weighted by Gasteiger charge is 2.11. The SMILES string of the molecule is COc1ccccc1CCn1c(SCC(=O)O)n[nH]c1=O. The van der Waals surface area contributed by atoms with E-state index in [2.05, 4.69) is 10.2 Å². The van der Waals surface area contributed by atoms with Crippen LogP contribution in [0.5, 0.6) is 5.75 Å². The molecular weight excluding hydrogens is 294 g/mol. The van der Waals surface area contributed by atoms with Gasteiger partial charge in [0.2, 0.25) is 0 Å². The Bertz CT molecular complexity index is 680. The predicted molar refractivity (Wildman–Crippen MR) is 77.9 cm³/mol. The second-order valence-electron chi connectivity index (χ2n) is 4.21. The predicted octanol–water partition coefficient (Wildman–Crippen LogP) is 0.999. The quantitative estimate of drug-likeness (QED) is 0.741. The molecule has 8 heteroatoms. The summed E-state index contributed by atoms with van der Waals surface area (Å²) in [7, 11) is 1.59. The van der Waals surface area contributed by atoms with E-state index < -0.39 is 5.97 Å². The van der Waals surface area contributed by atoms with Gasteiger partial charge in [0.15, 0.2) is 5.16 Å². The van der Waals surface area contributed by atoms with E-state index in [4.69, 9.17) is 9.84 Å². The average molecular weight is 309 g/mol. The summed E-state index contributed by atoms with van der Waals surface area (Å²) < 4.78 is 6.69. The van der Waals surface area contributed by atoms with Crippen molar-refractivity contribution in [1.82, 2.24) is 14.8 Å². The van der Waals surface area contributed by atoms with Crippen LogP contribution < -0.4 is 10.4 Å². The molecule has 0 saturated carbocycles. The van der Waals surface area contributed by atoms with Gasteiger partial charge in [-0.25, -0.2) is 9.89 Å². The van der Waals surface area contributed by atoms with Crippen LogP contribution in [0, 0.1) is 0 Å². The first kappa shape index (κ1) is 15.2. The largest absolute Gasteiger partial charge is 0.496 e. The highest BCUT2D eigenvalue weighted by atomic mass is 32.2. The molecule has 0 spiro atoms. The zero-order chi connectivity index (χ0) is 15.2. The number of methoxy groups -OCH3 is 1. The standard InChI is InChI=1S/C13H15N3O4S/c1-20-10-5-3-2-4-9(10)6-7-16-12(19)14-15-13(16)21-8-11(17)18/h2-5H,6-8H2,1H3,(H,14,19)(H,17,18). The third-order valence-electron chi connectivity index (χ3n) is 2.85. The minimum atomic E-state index is -0.952. The number of ether oxygens (including phenoxy) is 1. The molecule has 0 aliphatic rings. The Balaban J connectivity index is 2.11. The van der Waals surface area contributed by atoms with Gasteiger partial charge in [-0.1, -0.05) is 30.0 Å². The smallest absolute Gasteiger partial charge is 0.343 e. The average Bonchev–Trinajstić information content (AvgIpc) is 2.83. The van der Waals surface area contributed by atoms with Crippen LogP contribution in [0.1, 0.15) is 5.56 Å². The Kier molecular flexibility index (Phi) is 5.04. The lowest BCUT2D eigenvalue weighted by atomic mass is 10.1. The Hall–Kier alpha value is -2.22. The summed E-state index contributed by atoms with van der Waals surface area (Å²) >= 11 is 1.01. The Morgan fingerprint density at radius 2 is 2.24 bits per heavy atom. The number of carboxylic acid groups (broad SMARTS) is 1. The molecule has 0 saturated heterocycles. The van der Waals surface area contributed by atoms with E-state index in [9.17, 15) is 9.59 Å². The third-order valence-corrected chi connectivity index (χ3v) is 3.81. The van der Waals surface area contributed by atoms with Crippen molar-refractivity contribution in [2.45, 2.75) is 18.1 Å². The molecule has 0 aliphatic heterocycles. The number of aliphatic carboxylic acids is 1. The van der Waals surface area contributed by atoms with Gasteiger partial charge < -0.3 is 9.84 Å². The lowest BCUT2D eigenvalue weighted by molar-refractivity contribution is -0.133. The van der Waals surface area contributed by atoms with Crippen LogP contribution in [0.15, 0.2) is 34.2 Å². The van der Waals surface area contributed by atoms with Gasteiger partial charge in [0.1, 0.15) is 5.75 Å². The summed E-state index contributed by atoms with van der Waals surface area (Å²) in [6.45, 7) is 0.400. The number of carboxylic acids is 1. The first-order chi connectivity index (χ1) is 10.1. The topological polar surface area (TPSA) is 97.2 Å². The van der Waals surface area contributed by atoms with Gasteiger partial charge in [-0.2, -0.15) is 0 Å². The van der Waals surface area contributed by atoms with Crippen molar-refractivity contribution in [3.8, 4) is 5.75 Å². The fraction of sp³-hybridized carbons (Fsp3) is 0.308. The van der Waals surface area contributed by atoms with E-state index >= 15 is 0 Å². The van der Waals surface area contributed by atoms with Crippen molar-refractivity contribution in [2.75, 3.05) is 12.9 Å². The van der Waals surface area contributed by atoms with Gasteiger partial charge in [0.05, 0.1) is 12.9 Å². The molecule has 112 valence electrons. The lowest BCUT2D eigenvalue weighted by Gasteiger charge is -2.09. The molecule has 0 radical (unpaired) electrons. The zero-order valence-corrected chi connectivity index (χ0v) is 12.2. The maximum Gasteiger partial charge on any atom is 0.343 e. The summed E-state index contributed by atoms with van der Waals surface area (Å²) in [6.07, 6.45) is 0.587. The number of para-hydroxylation sites is 1. The molecule has 1 aromatic heterocycles. The van der Waals surface area contributed by atoms with Crippen LogP contribution in [-0.2, 0) is 17.8 Å². The highest BCUT2D eigenvalue weighted by molar-refractivity contribution is 7.99. The minimum absolute atomic E-state index is 0.140. The Labute approximate surface area is 124 Å². The second-order valence-corrected chi connectivity index (χ2v) is 5.15. The molecule has 0 bridgehead atoms. The number of aromatic amines is 1. The molecule has 2 N–H and O–H groups in total. The Morgan fingerprint density at radius 3 is 2.95 bits per heavy atom. The lowest BCUT2D eigenvalue weighted by Crippen LogP contribution is -2.19. The van der Waals surface area contributed by atoms with Crippen molar-refractivity contribution in [2.24, 2.45) is 0 Å². The summed E-state index contributed by atoms with van der Waals surface area (Å²) in [6, 6.07) is 7.55. The molecular formula is C13H15N3O4S. The third kappa shape index (κ3) is 3.88. The van der Waals surface area contributed by atoms with Crippen molar-refractivity contribution >= 4 is 17.7 Å². The summed E-state index contributed by atoms with van der Waals surface area (Å²) in [5.41, 5.74) is 0.625. The summed E-state index contributed by atoms with van der Waals surface area (Å²) in [5, 5.41) is 15.2. The molecule has 0 amide bonds. The number of thioether (sulfide) groups is 1. The molecule has 2 rings (SSSR count). The second kappa shape index (κ2) is 6.98. The zero-order valence-electron chi connectivity index (χ0n) is 11.4. The van der Waals surface area contributed by atoms with Crippen molar-refractivity contribution < 1.29 is 14.6 Å². The van der Waals surface area contributed by atoms with Crippen molar-refractivity contribution in [1.29, 1.82) is 0 Å². The molecule has 0 aliphatic carbocycles. The van der Waals surface area contributed by atoms with Crippen LogP contribution in [0.25, 0.3) is 0 Å². The Morgan fingerprint density at radius 1 is 1.48 bits per heavy atom. The fourth-order valence-electron chi connectivity index (χ4n) is 1.88. The van der Waals surface area contributed by atoms with Crippen LogP contribution >= 0.6 is 11.8 Å². The highest BCUT2D eigenvalue weighted by Crippen LogP contribution is 2.19. The van der Waals surface area contributed by atoms with E-state index in [1.807, 2.05) is 24.3 Å².